The summed E-state index contributed by atoms with van der Waals surface area (Å²) in [4.78, 5) is 10.5. The van der Waals surface area contributed by atoms with Crippen LogP contribution in [0.25, 0.3) is 0 Å². The van der Waals surface area contributed by atoms with E-state index in [0.717, 1.165) is 38.4 Å². The van der Waals surface area contributed by atoms with Crippen molar-refractivity contribution in [1.82, 2.24) is 9.97 Å². The second-order valence-corrected chi connectivity index (χ2v) is 4.04. The molecule has 0 saturated carbocycles. The van der Waals surface area contributed by atoms with Gasteiger partial charge in [0.1, 0.15) is 11.9 Å². The molecular weight excluding hydrogens is 216 g/mol. The van der Waals surface area contributed by atoms with Crippen molar-refractivity contribution >= 4 is 5.82 Å². The molecule has 1 fully saturated rings. The summed E-state index contributed by atoms with van der Waals surface area (Å²) in [6.07, 6.45) is 5.67. The second-order valence-electron chi connectivity index (χ2n) is 4.04. The molecule has 0 aliphatic carbocycles. The van der Waals surface area contributed by atoms with Gasteiger partial charge in [-0.3, -0.25) is 0 Å². The minimum absolute atomic E-state index is 0.284. The highest BCUT2D eigenvalue weighted by Crippen LogP contribution is 2.18. The molecule has 5 nitrogen and oxygen atoms in total. The Bertz CT molecular complexity index is 396. The van der Waals surface area contributed by atoms with E-state index in [1.54, 1.807) is 6.20 Å². The van der Waals surface area contributed by atoms with E-state index >= 15 is 0 Å². The zero-order chi connectivity index (χ0) is 12.1. The molecule has 2 rings (SSSR count). The highest BCUT2D eigenvalue weighted by atomic mass is 16.5. The van der Waals surface area contributed by atoms with Crippen LogP contribution in [0.1, 0.15) is 25.5 Å². The summed E-state index contributed by atoms with van der Waals surface area (Å²) in [5.74, 6) is 0.827. The number of ether oxygens (including phenoxy) is 1. The van der Waals surface area contributed by atoms with Crippen LogP contribution in [0.3, 0.4) is 0 Å². The van der Waals surface area contributed by atoms with E-state index in [1.807, 2.05) is 13.0 Å². The van der Waals surface area contributed by atoms with E-state index in [2.05, 4.69) is 14.9 Å². The molecule has 0 N–H and O–H groups in total. The molecule has 1 saturated heterocycles. The second kappa shape index (κ2) is 5.60. The molecule has 2 heterocycles. The van der Waals surface area contributed by atoms with Gasteiger partial charge in [0.05, 0.1) is 18.5 Å². The van der Waals surface area contributed by atoms with Crippen LogP contribution in [0.2, 0.25) is 0 Å². The van der Waals surface area contributed by atoms with E-state index in [0.29, 0.717) is 5.69 Å². The standard InChI is InChI=1S/C12H16N4O/c1-2-17-11-4-3-5-16(9-11)12-8-14-10(6-13)7-15-12/h7-8,11H,2-5,9H2,1H3. The van der Waals surface area contributed by atoms with Crippen molar-refractivity contribution in [3.63, 3.8) is 0 Å². The summed E-state index contributed by atoms with van der Waals surface area (Å²) in [7, 11) is 0. The maximum absolute atomic E-state index is 8.66. The quantitative estimate of drug-likeness (QED) is 0.787. The van der Waals surface area contributed by atoms with Gasteiger partial charge in [-0.15, -0.1) is 0 Å². The molecule has 0 amide bonds. The van der Waals surface area contributed by atoms with Gasteiger partial charge in [0.15, 0.2) is 5.69 Å². The number of rotatable bonds is 3. The molecule has 1 atom stereocenters. The Morgan fingerprint density at radius 3 is 3.06 bits per heavy atom. The summed E-state index contributed by atoms with van der Waals surface area (Å²) in [5, 5.41) is 8.66. The number of nitrogens with zero attached hydrogens (tertiary/aromatic N) is 4. The first-order chi connectivity index (χ1) is 8.33. The minimum Gasteiger partial charge on any atom is -0.377 e. The number of anilines is 1. The molecular formula is C12H16N4O. The van der Waals surface area contributed by atoms with Crippen LogP contribution in [0.4, 0.5) is 5.82 Å². The van der Waals surface area contributed by atoms with Crippen LogP contribution in [0.15, 0.2) is 12.4 Å². The van der Waals surface area contributed by atoms with Crippen molar-refractivity contribution in [2.45, 2.75) is 25.9 Å². The topological polar surface area (TPSA) is 62.0 Å². The number of aromatic nitrogens is 2. The van der Waals surface area contributed by atoms with Gasteiger partial charge in [-0.1, -0.05) is 0 Å². The third-order valence-corrected chi connectivity index (χ3v) is 2.86. The van der Waals surface area contributed by atoms with Gasteiger partial charge in [0.2, 0.25) is 0 Å². The summed E-state index contributed by atoms with van der Waals surface area (Å²) >= 11 is 0. The Morgan fingerprint density at radius 2 is 2.41 bits per heavy atom. The Kier molecular flexibility index (Phi) is 3.89. The van der Waals surface area contributed by atoms with Crippen LogP contribution in [-0.4, -0.2) is 35.8 Å². The van der Waals surface area contributed by atoms with E-state index in [9.17, 15) is 0 Å². The zero-order valence-corrected chi connectivity index (χ0v) is 9.96. The zero-order valence-electron chi connectivity index (χ0n) is 9.96. The molecule has 90 valence electrons. The molecule has 1 aliphatic heterocycles. The SMILES string of the molecule is CCOC1CCCN(c2cnc(C#N)cn2)C1. The molecule has 0 radical (unpaired) electrons. The molecule has 17 heavy (non-hydrogen) atoms. The minimum atomic E-state index is 0.284. The smallest absolute Gasteiger partial charge is 0.158 e. The van der Waals surface area contributed by atoms with Crippen LogP contribution in [0, 0.1) is 11.3 Å². The Morgan fingerprint density at radius 1 is 1.53 bits per heavy atom. The Balaban J connectivity index is 2.03. The molecule has 1 aliphatic rings. The van der Waals surface area contributed by atoms with Gasteiger partial charge in [-0.2, -0.15) is 5.26 Å². The van der Waals surface area contributed by atoms with Crippen LogP contribution >= 0.6 is 0 Å². The van der Waals surface area contributed by atoms with Gasteiger partial charge in [0.25, 0.3) is 0 Å². The van der Waals surface area contributed by atoms with Crippen molar-refractivity contribution in [3.05, 3.63) is 18.1 Å². The van der Waals surface area contributed by atoms with Crippen molar-refractivity contribution in [1.29, 1.82) is 5.26 Å². The molecule has 5 heteroatoms. The van der Waals surface area contributed by atoms with Crippen molar-refractivity contribution in [3.8, 4) is 6.07 Å². The van der Waals surface area contributed by atoms with Crippen molar-refractivity contribution in [2.75, 3.05) is 24.6 Å². The third-order valence-electron chi connectivity index (χ3n) is 2.86. The first kappa shape index (κ1) is 11.8. The lowest BCUT2D eigenvalue weighted by Gasteiger charge is -2.33. The van der Waals surface area contributed by atoms with Gasteiger partial charge >= 0.3 is 0 Å². The largest absolute Gasteiger partial charge is 0.377 e. The fourth-order valence-corrected chi connectivity index (χ4v) is 2.06. The maximum Gasteiger partial charge on any atom is 0.158 e. The van der Waals surface area contributed by atoms with Gasteiger partial charge < -0.3 is 9.64 Å². The lowest BCUT2D eigenvalue weighted by atomic mass is 10.1. The summed E-state index contributed by atoms with van der Waals surface area (Å²) < 4.78 is 5.64. The van der Waals surface area contributed by atoms with Gasteiger partial charge in [0, 0.05) is 19.7 Å². The Labute approximate surface area is 101 Å². The van der Waals surface area contributed by atoms with E-state index in [4.69, 9.17) is 10.00 Å². The predicted octanol–water partition coefficient (Wildman–Crippen LogP) is 1.35. The normalized spacial score (nSPS) is 20.0. The average molecular weight is 232 g/mol. The number of hydrogen-bond acceptors (Lipinski definition) is 5. The first-order valence-electron chi connectivity index (χ1n) is 5.92. The van der Waals surface area contributed by atoms with Crippen molar-refractivity contribution in [2.24, 2.45) is 0 Å². The first-order valence-corrected chi connectivity index (χ1v) is 5.92. The van der Waals surface area contributed by atoms with Gasteiger partial charge in [-0.25, -0.2) is 9.97 Å². The highest BCUT2D eigenvalue weighted by Gasteiger charge is 2.21. The monoisotopic (exact) mass is 232 g/mol. The lowest BCUT2D eigenvalue weighted by Crippen LogP contribution is -2.40. The van der Waals surface area contributed by atoms with E-state index in [-0.39, 0.29) is 6.10 Å². The molecule has 0 spiro atoms. The highest BCUT2D eigenvalue weighted by molar-refractivity contribution is 5.37. The summed E-state index contributed by atoms with van der Waals surface area (Å²) in [5.41, 5.74) is 0.354. The molecule has 0 aromatic carbocycles. The molecule has 1 unspecified atom stereocenters. The molecule has 0 bridgehead atoms. The Hall–Kier alpha value is -1.67. The fraction of sp³-hybridized carbons (Fsp3) is 0.583. The fourth-order valence-electron chi connectivity index (χ4n) is 2.06. The lowest BCUT2D eigenvalue weighted by molar-refractivity contribution is 0.0525. The van der Waals surface area contributed by atoms with Gasteiger partial charge in [-0.05, 0) is 19.8 Å². The van der Waals surface area contributed by atoms with Crippen LogP contribution in [0.5, 0.6) is 0 Å². The average Bonchev–Trinajstić information content (AvgIpc) is 2.40. The molecule has 1 aromatic rings. The predicted molar refractivity (Wildman–Crippen MR) is 63.6 cm³/mol. The molecule has 1 aromatic heterocycles. The third kappa shape index (κ3) is 2.92. The number of nitriles is 1. The van der Waals surface area contributed by atoms with Crippen LogP contribution in [-0.2, 0) is 4.74 Å². The summed E-state index contributed by atoms with van der Waals surface area (Å²) in [6.45, 7) is 4.59. The maximum atomic E-state index is 8.66. The number of hydrogen-bond donors (Lipinski definition) is 0. The van der Waals surface area contributed by atoms with E-state index in [1.165, 1.54) is 6.20 Å². The van der Waals surface area contributed by atoms with Crippen LogP contribution < -0.4 is 4.90 Å². The summed E-state index contributed by atoms with van der Waals surface area (Å²) in [6, 6.07) is 1.97. The van der Waals surface area contributed by atoms with E-state index < -0.39 is 0 Å². The van der Waals surface area contributed by atoms with Crippen molar-refractivity contribution < 1.29 is 4.74 Å². The number of piperidine rings is 1.